The molecule has 0 saturated heterocycles. The first kappa shape index (κ1) is 11.3. The topological polar surface area (TPSA) is 9.23 Å². The molecule has 1 rings (SSSR count). The van der Waals surface area contributed by atoms with E-state index in [9.17, 15) is 0 Å². The van der Waals surface area contributed by atoms with Gasteiger partial charge in [0.05, 0.1) is 6.61 Å². The van der Waals surface area contributed by atoms with Gasteiger partial charge in [0.25, 0.3) is 0 Å². The molecule has 0 N–H and O–H groups in total. The van der Waals surface area contributed by atoms with Crippen molar-refractivity contribution in [3.05, 3.63) is 28.5 Å². The van der Waals surface area contributed by atoms with Crippen molar-refractivity contribution in [1.82, 2.24) is 0 Å². The van der Waals surface area contributed by atoms with Gasteiger partial charge in [-0.05, 0) is 30.4 Å². The van der Waals surface area contributed by atoms with Gasteiger partial charge in [-0.2, -0.15) is 11.3 Å². The van der Waals surface area contributed by atoms with Gasteiger partial charge < -0.3 is 4.74 Å². The molecule has 0 aliphatic carbocycles. The minimum absolute atomic E-state index is 0.811. The normalized spacial score (nSPS) is 11.7. The molecule has 1 heterocycles. The number of thiophene rings is 1. The molecular formula is C12H18OS. The van der Waals surface area contributed by atoms with E-state index >= 15 is 0 Å². The number of ether oxygens (including phenoxy) is 1. The van der Waals surface area contributed by atoms with Crippen molar-refractivity contribution in [3.8, 4) is 0 Å². The second kappa shape index (κ2) is 6.66. The molecule has 78 valence electrons. The average molecular weight is 210 g/mol. The maximum Gasteiger partial charge on any atom is 0.123 e. The molecule has 0 bridgehead atoms. The summed E-state index contributed by atoms with van der Waals surface area (Å²) >= 11 is 1.71. The van der Waals surface area contributed by atoms with E-state index in [1.165, 1.54) is 12.0 Å². The third-order valence-corrected chi connectivity index (χ3v) is 2.57. The van der Waals surface area contributed by atoms with Crippen LogP contribution in [0.25, 0.3) is 5.76 Å². The van der Waals surface area contributed by atoms with Crippen molar-refractivity contribution in [2.45, 2.75) is 33.1 Å². The second-order valence-corrected chi connectivity index (χ2v) is 4.00. The van der Waals surface area contributed by atoms with Gasteiger partial charge in [-0.1, -0.05) is 20.3 Å². The van der Waals surface area contributed by atoms with Crippen LogP contribution in [0.15, 0.2) is 22.9 Å². The van der Waals surface area contributed by atoms with E-state index in [0.29, 0.717) is 0 Å². The van der Waals surface area contributed by atoms with Crippen LogP contribution < -0.4 is 0 Å². The third kappa shape index (κ3) is 3.54. The molecule has 0 radical (unpaired) electrons. The molecule has 2 heteroatoms. The van der Waals surface area contributed by atoms with Gasteiger partial charge in [0.15, 0.2) is 0 Å². The maximum absolute atomic E-state index is 5.71. The highest BCUT2D eigenvalue weighted by molar-refractivity contribution is 7.08. The summed E-state index contributed by atoms with van der Waals surface area (Å²) < 4.78 is 5.71. The standard InChI is InChI=1S/C12H18OS/c1-3-5-6-12(13-8-4-2)11-7-9-14-10-11/h6-7,9-10H,3-5,8H2,1-2H3. The number of rotatable bonds is 6. The molecule has 1 aromatic rings. The molecule has 0 aliphatic rings. The molecule has 1 aromatic heterocycles. The zero-order valence-electron chi connectivity index (χ0n) is 8.95. The van der Waals surface area contributed by atoms with Crippen LogP contribution in [0.4, 0.5) is 0 Å². The van der Waals surface area contributed by atoms with Crippen LogP contribution in [0.2, 0.25) is 0 Å². The minimum Gasteiger partial charge on any atom is -0.493 e. The van der Waals surface area contributed by atoms with Crippen LogP contribution in [0.1, 0.15) is 38.7 Å². The smallest absolute Gasteiger partial charge is 0.123 e. The zero-order valence-corrected chi connectivity index (χ0v) is 9.77. The van der Waals surface area contributed by atoms with Crippen LogP contribution in [0.3, 0.4) is 0 Å². The zero-order chi connectivity index (χ0) is 10.2. The minimum atomic E-state index is 0.811. The lowest BCUT2D eigenvalue weighted by molar-refractivity contribution is 0.276. The lowest BCUT2D eigenvalue weighted by atomic mass is 10.2. The lowest BCUT2D eigenvalue weighted by Crippen LogP contribution is -1.92. The van der Waals surface area contributed by atoms with Crippen molar-refractivity contribution < 1.29 is 4.74 Å². The van der Waals surface area contributed by atoms with Crippen molar-refractivity contribution in [2.24, 2.45) is 0 Å². The summed E-state index contributed by atoms with van der Waals surface area (Å²) in [5.41, 5.74) is 1.22. The van der Waals surface area contributed by atoms with E-state index in [-0.39, 0.29) is 0 Å². The Hall–Kier alpha value is -0.760. The fourth-order valence-corrected chi connectivity index (χ4v) is 1.80. The first-order valence-corrected chi connectivity index (χ1v) is 6.18. The third-order valence-electron chi connectivity index (χ3n) is 1.89. The van der Waals surface area contributed by atoms with Crippen LogP contribution in [-0.4, -0.2) is 6.61 Å². The molecule has 1 nitrogen and oxygen atoms in total. The molecule has 0 unspecified atom stereocenters. The average Bonchev–Trinajstić information content (AvgIpc) is 2.71. The number of hydrogen-bond donors (Lipinski definition) is 0. The molecule has 0 spiro atoms. The van der Waals surface area contributed by atoms with Crippen LogP contribution in [-0.2, 0) is 4.74 Å². The molecule has 0 aliphatic heterocycles. The van der Waals surface area contributed by atoms with Crippen LogP contribution >= 0.6 is 11.3 Å². The molecular weight excluding hydrogens is 192 g/mol. The number of hydrogen-bond acceptors (Lipinski definition) is 2. The maximum atomic E-state index is 5.71. The van der Waals surface area contributed by atoms with E-state index in [4.69, 9.17) is 4.74 Å². The summed E-state index contributed by atoms with van der Waals surface area (Å²) in [6.45, 7) is 5.12. The van der Waals surface area contributed by atoms with Crippen molar-refractivity contribution in [3.63, 3.8) is 0 Å². The van der Waals surface area contributed by atoms with Gasteiger partial charge >= 0.3 is 0 Å². The van der Waals surface area contributed by atoms with Gasteiger partial charge in [0.1, 0.15) is 5.76 Å². The molecule has 0 aromatic carbocycles. The highest BCUT2D eigenvalue weighted by atomic mass is 32.1. The monoisotopic (exact) mass is 210 g/mol. The van der Waals surface area contributed by atoms with Crippen molar-refractivity contribution >= 4 is 17.1 Å². The van der Waals surface area contributed by atoms with E-state index in [1.807, 2.05) is 0 Å². The lowest BCUT2D eigenvalue weighted by Gasteiger charge is -2.07. The summed E-state index contributed by atoms with van der Waals surface area (Å²) in [4.78, 5) is 0. The molecule has 0 fully saturated rings. The first-order valence-electron chi connectivity index (χ1n) is 5.24. The fraction of sp³-hybridized carbons (Fsp3) is 0.500. The van der Waals surface area contributed by atoms with E-state index in [2.05, 4.69) is 36.7 Å². The Kier molecular flexibility index (Phi) is 5.38. The number of unbranched alkanes of at least 4 members (excludes halogenated alkanes) is 1. The predicted molar refractivity (Wildman–Crippen MR) is 63.4 cm³/mol. The van der Waals surface area contributed by atoms with Crippen molar-refractivity contribution in [1.29, 1.82) is 0 Å². The van der Waals surface area contributed by atoms with Crippen LogP contribution in [0, 0.1) is 0 Å². The predicted octanol–water partition coefficient (Wildman–Crippen LogP) is 4.32. The van der Waals surface area contributed by atoms with E-state index in [1.54, 1.807) is 11.3 Å². The molecule has 0 saturated carbocycles. The van der Waals surface area contributed by atoms with Gasteiger partial charge in [-0.3, -0.25) is 0 Å². The Morgan fingerprint density at radius 1 is 1.43 bits per heavy atom. The van der Waals surface area contributed by atoms with Gasteiger partial charge in [-0.15, -0.1) is 0 Å². The molecule has 14 heavy (non-hydrogen) atoms. The Labute approximate surface area is 90.4 Å². The molecule has 0 amide bonds. The van der Waals surface area contributed by atoms with Crippen LogP contribution in [0.5, 0.6) is 0 Å². The molecule has 0 atom stereocenters. The van der Waals surface area contributed by atoms with Crippen molar-refractivity contribution in [2.75, 3.05) is 6.61 Å². The Morgan fingerprint density at radius 2 is 2.29 bits per heavy atom. The van der Waals surface area contributed by atoms with Gasteiger partial charge in [-0.25, -0.2) is 0 Å². The largest absolute Gasteiger partial charge is 0.493 e. The quantitative estimate of drug-likeness (QED) is 0.635. The fourth-order valence-electron chi connectivity index (χ4n) is 1.15. The Balaban J connectivity index is 2.62. The Bertz CT molecular complexity index is 262. The number of allylic oxidation sites excluding steroid dienone is 1. The van der Waals surface area contributed by atoms with E-state index in [0.717, 1.165) is 25.2 Å². The SMILES string of the molecule is CCCC=C(OCCC)c1ccsc1. The van der Waals surface area contributed by atoms with Gasteiger partial charge in [0, 0.05) is 10.9 Å². The van der Waals surface area contributed by atoms with Gasteiger partial charge in [0.2, 0.25) is 0 Å². The summed E-state index contributed by atoms with van der Waals surface area (Å²) in [6, 6.07) is 2.11. The summed E-state index contributed by atoms with van der Waals surface area (Å²) in [5.74, 6) is 1.05. The highest BCUT2D eigenvalue weighted by Gasteiger charge is 2.01. The van der Waals surface area contributed by atoms with E-state index < -0.39 is 0 Å². The summed E-state index contributed by atoms with van der Waals surface area (Å²) in [5, 5.41) is 4.22. The first-order chi connectivity index (χ1) is 6.88. The highest BCUT2D eigenvalue weighted by Crippen LogP contribution is 2.20. The summed E-state index contributed by atoms with van der Waals surface area (Å²) in [6.07, 6.45) is 5.52. The Morgan fingerprint density at radius 3 is 2.86 bits per heavy atom. The summed E-state index contributed by atoms with van der Waals surface area (Å²) in [7, 11) is 0. The second-order valence-electron chi connectivity index (χ2n) is 3.22.